The first-order valence-corrected chi connectivity index (χ1v) is 5.47. The van der Waals surface area contributed by atoms with E-state index in [1.165, 1.54) is 0 Å². The molecule has 0 unspecified atom stereocenters. The van der Waals surface area contributed by atoms with Gasteiger partial charge < -0.3 is 10.1 Å². The number of hydrogen-bond donors (Lipinski definition) is 1. The van der Waals surface area contributed by atoms with Gasteiger partial charge in [-0.05, 0) is 23.8 Å². The molecule has 0 saturated heterocycles. The summed E-state index contributed by atoms with van der Waals surface area (Å²) in [5.74, 6) is 1.56. The monoisotopic (exact) mass is 225 g/mol. The fourth-order valence-corrected chi connectivity index (χ4v) is 1.88. The molecule has 1 N–H and O–H groups in total. The van der Waals surface area contributed by atoms with Gasteiger partial charge in [-0.15, -0.1) is 0 Å². The molecular weight excluding hydrogens is 214 g/mol. The van der Waals surface area contributed by atoms with E-state index in [4.69, 9.17) is 4.74 Å². The highest BCUT2D eigenvalue weighted by atomic mass is 16.5. The molecule has 17 heavy (non-hydrogen) atoms. The Balaban J connectivity index is 1.86. The van der Waals surface area contributed by atoms with Crippen molar-refractivity contribution in [3.05, 3.63) is 54.1 Å². The quantitative estimate of drug-likeness (QED) is 0.853. The zero-order chi connectivity index (χ0) is 11.7. The third kappa shape index (κ3) is 1.99. The van der Waals surface area contributed by atoms with Gasteiger partial charge in [0.2, 0.25) is 5.91 Å². The van der Waals surface area contributed by atoms with Gasteiger partial charge in [0.25, 0.3) is 0 Å². The Morgan fingerprint density at radius 2 is 1.82 bits per heavy atom. The molecule has 1 aliphatic rings. The molecule has 0 bridgehead atoms. The molecule has 3 heteroatoms. The fourth-order valence-electron chi connectivity index (χ4n) is 1.88. The van der Waals surface area contributed by atoms with Gasteiger partial charge in [0.15, 0.2) is 0 Å². The van der Waals surface area contributed by atoms with Crippen LogP contribution in [0.4, 0.5) is 5.69 Å². The van der Waals surface area contributed by atoms with Crippen LogP contribution >= 0.6 is 0 Å². The Morgan fingerprint density at radius 3 is 2.65 bits per heavy atom. The largest absolute Gasteiger partial charge is 0.457 e. The Labute approximate surface area is 99.0 Å². The maximum atomic E-state index is 11.2. The van der Waals surface area contributed by atoms with Crippen LogP contribution in [0.5, 0.6) is 11.5 Å². The minimum atomic E-state index is 0.0388. The number of benzene rings is 2. The molecule has 84 valence electrons. The molecule has 3 nitrogen and oxygen atoms in total. The van der Waals surface area contributed by atoms with E-state index in [1.54, 1.807) is 0 Å². The summed E-state index contributed by atoms with van der Waals surface area (Å²) in [4.78, 5) is 11.2. The molecule has 2 aromatic carbocycles. The minimum absolute atomic E-state index is 0.0388. The second-order valence-electron chi connectivity index (χ2n) is 3.96. The second kappa shape index (κ2) is 3.94. The Kier molecular flexibility index (Phi) is 2.29. The van der Waals surface area contributed by atoms with Gasteiger partial charge in [0.1, 0.15) is 11.5 Å². The van der Waals surface area contributed by atoms with Crippen LogP contribution in [-0.2, 0) is 11.2 Å². The first kappa shape index (κ1) is 9.90. The van der Waals surface area contributed by atoms with E-state index >= 15 is 0 Å². The van der Waals surface area contributed by atoms with Gasteiger partial charge >= 0.3 is 0 Å². The van der Waals surface area contributed by atoms with Crippen LogP contribution in [-0.4, -0.2) is 5.91 Å². The van der Waals surface area contributed by atoms with E-state index in [2.05, 4.69) is 5.32 Å². The van der Waals surface area contributed by atoms with Crippen LogP contribution in [0.3, 0.4) is 0 Å². The molecule has 0 aromatic heterocycles. The number of anilines is 1. The Hall–Kier alpha value is -2.29. The lowest BCUT2D eigenvalue weighted by Gasteiger charge is -2.06. The number of ether oxygens (including phenoxy) is 1. The number of rotatable bonds is 2. The van der Waals surface area contributed by atoms with E-state index in [0.29, 0.717) is 6.42 Å². The molecule has 0 fully saturated rings. The predicted molar refractivity (Wildman–Crippen MR) is 65.3 cm³/mol. The van der Waals surface area contributed by atoms with Crippen LogP contribution < -0.4 is 10.1 Å². The van der Waals surface area contributed by atoms with Crippen molar-refractivity contribution in [3.63, 3.8) is 0 Å². The van der Waals surface area contributed by atoms with Gasteiger partial charge in [-0.1, -0.05) is 24.3 Å². The second-order valence-corrected chi connectivity index (χ2v) is 3.96. The highest BCUT2D eigenvalue weighted by Gasteiger charge is 2.17. The van der Waals surface area contributed by atoms with Crippen molar-refractivity contribution in [2.75, 3.05) is 5.32 Å². The normalized spacial score (nSPS) is 13.1. The SMILES string of the molecule is O=C1Cc2ccc(Oc3ccccc3)cc2N1. The first-order valence-electron chi connectivity index (χ1n) is 5.47. The van der Waals surface area contributed by atoms with Crippen LogP contribution in [0.1, 0.15) is 5.56 Å². The summed E-state index contributed by atoms with van der Waals surface area (Å²) >= 11 is 0. The topological polar surface area (TPSA) is 38.3 Å². The smallest absolute Gasteiger partial charge is 0.228 e. The van der Waals surface area contributed by atoms with Gasteiger partial charge in [0, 0.05) is 11.8 Å². The number of nitrogens with one attached hydrogen (secondary N) is 1. The number of amides is 1. The first-order chi connectivity index (χ1) is 8.31. The van der Waals surface area contributed by atoms with Crippen molar-refractivity contribution in [1.82, 2.24) is 0 Å². The molecular formula is C14H11NO2. The lowest BCUT2D eigenvalue weighted by Crippen LogP contribution is -2.03. The molecule has 3 rings (SSSR count). The fraction of sp³-hybridized carbons (Fsp3) is 0.0714. The summed E-state index contributed by atoms with van der Waals surface area (Å²) in [5.41, 5.74) is 1.87. The van der Waals surface area contributed by atoms with Crippen molar-refractivity contribution in [2.24, 2.45) is 0 Å². The molecule has 2 aromatic rings. The number of carbonyl (C=O) groups is 1. The lowest BCUT2D eigenvalue weighted by atomic mass is 10.1. The maximum Gasteiger partial charge on any atom is 0.228 e. The van der Waals surface area contributed by atoms with E-state index in [9.17, 15) is 4.79 Å². The highest BCUT2D eigenvalue weighted by Crippen LogP contribution is 2.29. The van der Waals surface area contributed by atoms with Gasteiger partial charge in [-0.3, -0.25) is 4.79 Å². The summed E-state index contributed by atoms with van der Waals surface area (Å²) in [6.45, 7) is 0. The van der Waals surface area contributed by atoms with Crippen LogP contribution in [0, 0.1) is 0 Å². The molecule has 0 radical (unpaired) electrons. The van der Waals surface area contributed by atoms with Gasteiger partial charge in [-0.25, -0.2) is 0 Å². The Bertz CT molecular complexity index is 564. The average molecular weight is 225 g/mol. The van der Waals surface area contributed by atoms with E-state index in [1.807, 2.05) is 48.5 Å². The average Bonchev–Trinajstić information content (AvgIpc) is 2.70. The zero-order valence-corrected chi connectivity index (χ0v) is 9.14. The van der Waals surface area contributed by atoms with Crippen molar-refractivity contribution in [3.8, 4) is 11.5 Å². The molecule has 0 atom stereocenters. The molecule has 0 spiro atoms. The number of para-hydroxylation sites is 1. The number of carbonyl (C=O) groups excluding carboxylic acids is 1. The summed E-state index contributed by atoms with van der Waals surface area (Å²) in [5, 5.41) is 2.80. The van der Waals surface area contributed by atoms with Gasteiger partial charge in [-0.2, -0.15) is 0 Å². The number of fused-ring (bicyclic) bond motifs is 1. The van der Waals surface area contributed by atoms with E-state index in [-0.39, 0.29) is 5.91 Å². The summed E-state index contributed by atoms with van der Waals surface area (Å²) in [6.07, 6.45) is 0.459. The van der Waals surface area contributed by atoms with Crippen LogP contribution in [0.15, 0.2) is 48.5 Å². The summed E-state index contributed by atoms with van der Waals surface area (Å²) in [7, 11) is 0. The van der Waals surface area contributed by atoms with Crippen LogP contribution in [0.2, 0.25) is 0 Å². The molecule has 1 aliphatic heterocycles. The standard InChI is InChI=1S/C14H11NO2/c16-14-8-10-6-7-12(9-13(10)15-14)17-11-4-2-1-3-5-11/h1-7,9H,8H2,(H,15,16). The minimum Gasteiger partial charge on any atom is -0.457 e. The highest BCUT2D eigenvalue weighted by molar-refractivity contribution is 5.99. The van der Waals surface area contributed by atoms with E-state index < -0.39 is 0 Å². The summed E-state index contributed by atoms with van der Waals surface area (Å²) < 4.78 is 5.69. The molecule has 0 aliphatic carbocycles. The molecule has 1 heterocycles. The molecule has 0 saturated carbocycles. The van der Waals surface area contributed by atoms with E-state index in [0.717, 1.165) is 22.7 Å². The van der Waals surface area contributed by atoms with Crippen molar-refractivity contribution in [1.29, 1.82) is 0 Å². The van der Waals surface area contributed by atoms with Crippen molar-refractivity contribution >= 4 is 11.6 Å². The van der Waals surface area contributed by atoms with Crippen molar-refractivity contribution < 1.29 is 9.53 Å². The number of hydrogen-bond acceptors (Lipinski definition) is 2. The maximum absolute atomic E-state index is 11.2. The summed E-state index contributed by atoms with van der Waals surface area (Å²) in [6, 6.07) is 15.2. The third-order valence-electron chi connectivity index (χ3n) is 2.69. The van der Waals surface area contributed by atoms with Crippen LogP contribution in [0.25, 0.3) is 0 Å². The molecule has 1 amide bonds. The lowest BCUT2D eigenvalue weighted by molar-refractivity contribution is -0.115. The zero-order valence-electron chi connectivity index (χ0n) is 9.14. The Morgan fingerprint density at radius 1 is 1.00 bits per heavy atom. The van der Waals surface area contributed by atoms with Gasteiger partial charge in [0.05, 0.1) is 6.42 Å². The third-order valence-corrected chi connectivity index (χ3v) is 2.69. The predicted octanol–water partition coefficient (Wildman–Crippen LogP) is 2.97. The van der Waals surface area contributed by atoms with Crippen molar-refractivity contribution in [2.45, 2.75) is 6.42 Å².